The van der Waals surface area contributed by atoms with Crippen molar-refractivity contribution in [3.8, 4) is 11.5 Å². The first-order valence-corrected chi connectivity index (χ1v) is 7.14. The molecule has 0 unspecified atom stereocenters. The summed E-state index contributed by atoms with van der Waals surface area (Å²) < 4.78 is 5.41. The van der Waals surface area contributed by atoms with Gasteiger partial charge < -0.3 is 15.2 Å². The normalized spacial score (nSPS) is 9.86. The zero-order chi connectivity index (χ0) is 15.9. The molecule has 6 heteroatoms. The summed E-state index contributed by atoms with van der Waals surface area (Å²) in [6, 6.07) is 13.5. The number of thiocarbonyl (C=S) groups is 1. The Morgan fingerprint density at radius 1 is 1.18 bits per heavy atom. The lowest BCUT2D eigenvalue weighted by Gasteiger charge is -2.12. The number of para-hydroxylation sites is 3. The van der Waals surface area contributed by atoms with E-state index < -0.39 is 0 Å². The Bertz CT molecular complexity index is 689. The molecule has 0 saturated carbocycles. The molecule has 5 nitrogen and oxygen atoms in total. The van der Waals surface area contributed by atoms with E-state index in [9.17, 15) is 9.90 Å². The minimum absolute atomic E-state index is 0.0498. The minimum atomic E-state index is -0.378. The number of hydrogen-bond donors (Lipinski definition) is 3. The lowest BCUT2D eigenvalue weighted by molar-refractivity contribution is 0.0974. The van der Waals surface area contributed by atoms with Gasteiger partial charge in [0.1, 0.15) is 11.5 Å². The van der Waals surface area contributed by atoms with Crippen LogP contribution in [0.25, 0.3) is 0 Å². The molecule has 0 aliphatic rings. The maximum atomic E-state index is 12.2. The maximum Gasteiger partial charge on any atom is 0.261 e. The van der Waals surface area contributed by atoms with E-state index in [-0.39, 0.29) is 16.8 Å². The van der Waals surface area contributed by atoms with Gasteiger partial charge in [0.05, 0.1) is 17.9 Å². The van der Waals surface area contributed by atoms with Crippen LogP contribution in [0.1, 0.15) is 17.3 Å². The van der Waals surface area contributed by atoms with E-state index >= 15 is 0 Å². The Morgan fingerprint density at radius 3 is 2.59 bits per heavy atom. The maximum absolute atomic E-state index is 12.2. The summed E-state index contributed by atoms with van der Waals surface area (Å²) in [4.78, 5) is 12.2. The zero-order valence-corrected chi connectivity index (χ0v) is 12.8. The summed E-state index contributed by atoms with van der Waals surface area (Å²) in [6.45, 7) is 2.31. The van der Waals surface area contributed by atoms with E-state index in [1.807, 2.05) is 6.92 Å². The molecule has 0 aliphatic carbocycles. The number of phenols is 1. The number of hydrogen-bond acceptors (Lipinski definition) is 4. The van der Waals surface area contributed by atoms with Crippen LogP contribution >= 0.6 is 12.2 Å². The largest absolute Gasteiger partial charge is 0.506 e. The van der Waals surface area contributed by atoms with Crippen LogP contribution in [0.5, 0.6) is 11.5 Å². The fourth-order valence-electron chi connectivity index (χ4n) is 1.84. The molecule has 0 aliphatic heterocycles. The summed E-state index contributed by atoms with van der Waals surface area (Å²) >= 11 is 5.08. The van der Waals surface area contributed by atoms with E-state index in [4.69, 9.17) is 17.0 Å². The molecule has 0 radical (unpaired) electrons. The van der Waals surface area contributed by atoms with Crippen LogP contribution in [-0.4, -0.2) is 22.7 Å². The van der Waals surface area contributed by atoms with Crippen LogP contribution in [0, 0.1) is 0 Å². The summed E-state index contributed by atoms with van der Waals surface area (Å²) in [5.74, 6) is 0.165. The molecule has 2 rings (SSSR count). The van der Waals surface area contributed by atoms with E-state index in [0.717, 1.165) is 0 Å². The van der Waals surface area contributed by atoms with Gasteiger partial charge in [-0.3, -0.25) is 10.1 Å². The molecule has 0 saturated heterocycles. The molecule has 0 spiro atoms. The van der Waals surface area contributed by atoms with E-state index in [2.05, 4.69) is 10.6 Å². The Labute approximate surface area is 133 Å². The van der Waals surface area contributed by atoms with Gasteiger partial charge in [-0.25, -0.2) is 0 Å². The second kappa shape index (κ2) is 7.42. The quantitative estimate of drug-likeness (QED) is 0.597. The topological polar surface area (TPSA) is 70.6 Å². The number of carbonyl (C=O) groups excluding carboxylic acids is 1. The molecule has 0 aromatic heterocycles. The van der Waals surface area contributed by atoms with E-state index in [1.165, 1.54) is 6.07 Å². The molecule has 0 bridgehead atoms. The van der Waals surface area contributed by atoms with Crippen molar-refractivity contribution in [3.63, 3.8) is 0 Å². The molecule has 0 atom stereocenters. The van der Waals surface area contributed by atoms with Crippen molar-refractivity contribution in [2.75, 3.05) is 11.9 Å². The number of aromatic hydroxyl groups is 1. The lowest BCUT2D eigenvalue weighted by Crippen LogP contribution is -2.34. The Morgan fingerprint density at radius 2 is 1.86 bits per heavy atom. The van der Waals surface area contributed by atoms with Gasteiger partial charge in [0.2, 0.25) is 0 Å². The molecule has 3 N–H and O–H groups in total. The van der Waals surface area contributed by atoms with Gasteiger partial charge in [-0.2, -0.15) is 0 Å². The second-order valence-electron chi connectivity index (χ2n) is 4.35. The lowest BCUT2D eigenvalue weighted by atomic mass is 10.2. The Kier molecular flexibility index (Phi) is 5.32. The molecule has 22 heavy (non-hydrogen) atoms. The van der Waals surface area contributed by atoms with Crippen molar-refractivity contribution < 1.29 is 14.6 Å². The molecule has 0 heterocycles. The fourth-order valence-corrected chi connectivity index (χ4v) is 2.04. The van der Waals surface area contributed by atoms with Gasteiger partial charge >= 0.3 is 0 Å². The van der Waals surface area contributed by atoms with Crippen molar-refractivity contribution in [1.82, 2.24) is 5.32 Å². The molecular formula is C16H16N2O3S. The first-order chi connectivity index (χ1) is 10.6. The summed E-state index contributed by atoms with van der Waals surface area (Å²) in [7, 11) is 0. The van der Waals surface area contributed by atoms with Gasteiger partial charge in [0.15, 0.2) is 5.11 Å². The van der Waals surface area contributed by atoms with Gasteiger partial charge in [0.25, 0.3) is 5.91 Å². The van der Waals surface area contributed by atoms with Crippen molar-refractivity contribution in [1.29, 1.82) is 0 Å². The van der Waals surface area contributed by atoms with Crippen LogP contribution in [-0.2, 0) is 0 Å². The number of ether oxygens (including phenoxy) is 1. The Balaban J connectivity index is 2.06. The highest BCUT2D eigenvalue weighted by Crippen LogP contribution is 2.21. The smallest absolute Gasteiger partial charge is 0.261 e. The molecule has 2 aromatic rings. The number of phenolic OH excluding ortho intramolecular Hbond substituents is 1. The van der Waals surface area contributed by atoms with Crippen molar-refractivity contribution in [3.05, 3.63) is 54.1 Å². The average molecular weight is 316 g/mol. The number of anilines is 1. The first kappa shape index (κ1) is 15.8. The zero-order valence-electron chi connectivity index (χ0n) is 12.0. The molecular weight excluding hydrogens is 300 g/mol. The first-order valence-electron chi connectivity index (χ1n) is 6.74. The standard InChI is InChI=1S/C16H16N2O3S/c1-2-21-14-10-6-3-7-11(14)15(20)18-16(22)17-12-8-4-5-9-13(12)19/h3-10,19H,2H2,1H3,(H2,17,18,20,22). The average Bonchev–Trinajstić information content (AvgIpc) is 2.50. The number of carbonyl (C=O) groups is 1. The van der Waals surface area contributed by atoms with Crippen LogP contribution < -0.4 is 15.4 Å². The minimum Gasteiger partial charge on any atom is -0.506 e. The highest BCUT2D eigenvalue weighted by atomic mass is 32.1. The molecule has 114 valence electrons. The number of benzene rings is 2. The predicted octanol–water partition coefficient (Wildman–Crippen LogP) is 2.92. The number of amides is 1. The molecule has 2 aromatic carbocycles. The number of nitrogens with one attached hydrogen (secondary N) is 2. The third-order valence-corrected chi connectivity index (χ3v) is 3.01. The number of rotatable bonds is 4. The van der Waals surface area contributed by atoms with E-state index in [1.54, 1.807) is 42.5 Å². The van der Waals surface area contributed by atoms with Gasteiger partial charge in [-0.1, -0.05) is 24.3 Å². The summed E-state index contributed by atoms with van der Waals surface area (Å²) in [5.41, 5.74) is 0.816. The SMILES string of the molecule is CCOc1ccccc1C(=O)NC(=S)Nc1ccccc1O. The Hall–Kier alpha value is -2.60. The monoisotopic (exact) mass is 316 g/mol. The fraction of sp³-hybridized carbons (Fsp3) is 0.125. The highest BCUT2D eigenvalue weighted by Gasteiger charge is 2.13. The highest BCUT2D eigenvalue weighted by molar-refractivity contribution is 7.80. The summed E-state index contributed by atoms with van der Waals surface area (Å²) in [6.07, 6.45) is 0. The predicted molar refractivity (Wildman–Crippen MR) is 89.4 cm³/mol. The van der Waals surface area contributed by atoms with Crippen molar-refractivity contribution >= 4 is 28.9 Å². The summed E-state index contributed by atoms with van der Waals surface area (Å²) in [5, 5.41) is 15.1. The molecule has 1 amide bonds. The van der Waals surface area contributed by atoms with Crippen molar-refractivity contribution in [2.45, 2.75) is 6.92 Å². The third-order valence-electron chi connectivity index (χ3n) is 2.81. The van der Waals surface area contributed by atoms with Gasteiger partial charge in [0, 0.05) is 0 Å². The van der Waals surface area contributed by atoms with Gasteiger partial charge in [-0.15, -0.1) is 0 Å². The van der Waals surface area contributed by atoms with Crippen LogP contribution in [0.3, 0.4) is 0 Å². The van der Waals surface area contributed by atoms with Crippen LogP contribution in [0.15, 0.2) is 48.5 Å². The van der Waals surface area contributed by atoms with Crippen molar-refractivity contribution in [2.24, 2.45) is 0 Å². The van der Waals surface area contributed by atoms with Crippen LogP contribution in [0.2, 0.25) is 0 Å². The third kappa shape index (κ3) is 3.95. The second-order valence-corrected chi connectivity index (χ2v) is 4.76. The van der Waals surface area contributed by atoms with Crippen LogP contribution in [0.4, 0.5) is 5.69 Å². The molecule has 0 fully saturated rings. The van der Waals surface area contributed by atoms with E-state index in [0.29, 0.717) is 23.6 Å². The van der Waals surface area contributed by atoms with Gasteiger partial charge in [-0.05, 0) is 43.4 Å².